The number of hydrogen-bond donors (Lipinski definition) is 0. The maximum Gasteiger partial charge on any atom is 0.0700 e. The first-order valence-electron chi connectivity index (χ1n) is 5.26. The summed E-state index contributed by atoms with van der Waals surface area (Å²) in [6.45, 7) is 8.15. The molecule has 1 heterocycles. The summed E-state index contributed by atoms with van der Waals surface area (Å²) >= 11 is 0. The summed E-state index contributed by atoms with van der Waals surface area (Å²) in [5.41, 5.74) is -0.0920. The van der Waals surface area contributed by atoms with Crippen LogP contribution in [0.3, 0.4) is 0 Å². The zero-order chi connectivity index (χ0) is 10.3. The highest BCUT2D eigenvalue weighted by molar-refractivity contribution is 4.98. The van der Waals surface area contributed by atoms with E-state index in [0.717, 1.165) is 19.5 Å². The Labute approximate surface area is 82.5 Å². The fraction of sp³-hybridized carbons (Fsp3) is 0.909. The minimum atomic E-state index is -0.0920. The Morgan fingerprint density at radius 1 is 1.31 bits per heavy atom. The second-order valence-corrected chi connectivity index (χ2v) is 3.87. The van der Waals surface area contributed by atoms with Crippen molar-refractivity contribution in [1.29, 1.82) is 5.26 Å². The Balaban J connectivity index is 0.000000671. The molecule has 0 saturated carbocycles. The van der Waals surface area contributed by atoms with Crippen molar-refractivity contribution in [3.05, 3.63) is 0 Å². The highest BCUT2D eigenvalue weighted by Crippen LogP contribution is 2.26. The van der Waals surface area contributed by atoms with Crippen LogP contribution in [-0.2, 0) is 0 Å². The van der Waals surface area contributed by atoms with E-state index in [2.05, 4.69) is 24.9 Å². The lowest BCUT2D eigenvalue weighted by Crippen LogP contribution is -2.30. The van der Waals surface area contributed by atoms with Gasteiger partial charge in [0.2, 0.25) is 0 Å². The predicted octanol–water partition coefficient (Wildman–Crippen LogP) is 2.66. The van der Waals surface area contributed by atoms with Crippen molar-refractivity contribution < 1.29 is 0 Å². The van der Waals surface area contributed by atoms with Crippen LogP contribution >= 0.6 is 0 Å². The van der Waals surface area contributed by atoms with E-state index in [1.807, 2.05) is 13.8 Å². The van der Waals surface area contributed by atoms with Crippen molar-refractivity contribution in [2.75, 3.05) is 20.1 Å². The average Bonchev–Trinajstić information content (AvgIpc) is 2.31. The molecule has 1 unspecified atom stereocenters. The van der Waals surface area contributed by atoms with Gasteiger partial charge in [-0.3, -0.25) is 0 Å². The molecule has 1 aliphatic rings. The van der Waals surface area contributed by atoms with Gasteiger partial charge in [0.15, 0.2) is 0 Å². The number of likely N-dealkylation sites (tertiary alicyclic amines) is 1. The van der Waals surface area contributed by atoms with Crippen LogP contribution in [0.25, 0.3) is 0 Å². The molecule has 2 heteroatoms. The van der Waals surface area contributed by atoms with Gasteiger partial charge in [0.05, 0.1) is 11.5 Å². The summed E-state index contributed by atoms with van der Waals surface area (Å²) in [5, 5.41) is 8.92. The molecule has 0 radical (unpaired) electrons. The Morgan fingerprint density at radius 2 is 1.92 bits per heavy atom. The molecule has 1 rings (SSSR count). The number of nitrogens with zero attached hydrogens (tertiary/aromatic N) is 2. The first-order valence-corrected chi connectivity index (χ1v) is 5.26. The maximum absolute atomic E-state index is 8.92. The van der Waals surface area contributed by atoms with Crippen LogP contribution < -0.4 is 0 Å². The van der Waals surface area contributed by atoms with Gasteiger partial charge in [-0.25, -0.2) is 0 Å². The lowest BCUT2D eigenvalue weighted by molar-refractivity contribution is 0.263. The average molecular weight is 182 g/mol. The molecule has 0 spiro atoms. The molecule has 13 heavy (non-hydrogen) atoms. The Kier molecular flexibility index (Phi) is 5.73. The zero-order valence-corrected chi connectivity index (χ0v) is 9.43. The third kappa shape index (κ3) is 4.28. The summed E-state index contributed by atoms with van der Waals surface area (Å²) in [6.07, 6.45) is 3.51. The van der Waals surface area contributed by atoms with Gasteiger partial charge in [-0.05, 0) is 33.4 Å². The molecule has 0 bridgehead atoms. The van der Waals surface area contributed by atoms with Gasteiger partial charge in [-0.2, -0.15) is 5.26 Å². The molecule has 76 valence electrons. The van der Waals surface area contributed by atoms with E-state index in [9.17, 15) is 0 Å². The summed E-state index contributed by atoms with van der Waals surface area (Å²) in [7, 11) is 2.10. The molecular formula is C11H22N2. The van der Waals surface area contributed by atoms with Crippen LogP contribution in [0.1, 0.15) is 40.0 Å². The molecule has 2 nitrogen and oxygen atoms in total. The smallest absolute Gasteiger partial charge is 0.0700 e. The van der Waals surface area contributed by atoms with E-state index in [1.165, 1.54) is 12.8 Å². The molecule has 1 saturated heterocycles. The summed E-state index contributed by atoms with van der Waals surface area (Å²) in [6, 6.07) is 2.41. The van der Waals surface area contributed by atoms with Gasteiger partial charge in [-0.15, -0.1) is 0 Å². The lowest BCUT2D eigenvalue weighted by Gasteiger charge is -2.23. The fourth-order valence-corrected chi connectivity index (χ4v) is 1.74. The standard InChI is InChI=1S/C9H16N2.C2H6/c1-9(7-10)5-3-4-6-11(2)8-9;1-2/h3-6,8H2,1-2H3;1-2H3. The molecule has 0 N–H and O–H groups in total. The van der Waals surface area contributed by atoms with E-state index in [1.54, 1.807) is 0 Å². The van der Waals surface area contributed by atoms with Gasteiger partial charge in [0.1, 0.15) is 0 Å². The number of hydrogen-bond acceptors (Lipinski definition) is 2. The van der Waals surface area contributed by atoms with Crippen LogP contribution in [0.4, 0.5) is 0 Å². The highest BCUT2D eigenvalue weighted by Gasteiger charge is 2.27. The van der Waals surface area contributed by atoms with Crippen molar-refractivity contribution in [2.45, 2.75) is 40.0 Å². The molecule has 1 fully saturated rings. The van der Waals surface area contributed by atoms with Crippen LogP contribution in [0.2, 0.25) is 0 Å². The Hall–Kier alpha value is -0.550. The fourth-order valence-electron chi connectivity index (χ4n) is 1.74. The highest BCUT2D eigenvalue weighted by atomic mass is 15.1. The SMILES string of the molecule is CC.CN1CCCCC(C)(C#N)C1. The van der Waals surface area contributed by atoms with Crippen LogP contribution in [0, 0.1) is 16.7 Å². The van der Waals surface area contributed by atoms with Gasteiger partial charge in [0.25, 0.3) is 0 Å². The first-order chi connectivity index (χ1) is 6.16. The summed E-state index contributed by atoms with van der Waals surface area (Å²) < 4.78 is 0. The molecule has 0 aliphatic carbocycles. The molecule has 0 aromatic carbocycles. The Bertz CT molecular complexity index is 171. The van der Waals surface area contributed by atoms with E-state index in [0.29, 0.717) is 0 Å². The molecule has 0 aromatic heterocycles. The van der Waals surface area contributed by atoms with E-state index < -0.39 is 0 Å². The molecule has 1 atom stereocenters. The summed E-state index contributed by atoms with van der Waals surface area (Å²) in [5.74, 6) is 0. The number of rotatable bonds is 0. The van der Waals surface area contributed by atoms with Gasteiger partial charge >= 0.3 is 0 Å². The third-order valence-electron chi connectivity index (χ3n) is 2.41. The lowest BCUT2D eigenvalue weighted by atomic mass is 9.87. The quantitative estimate of drug-likeness (QED) is 0.576. The van der Waals surface area contributed by atoms with Crippen molar-refractivity contribution in [2.24, 2.45) is 5.41 Å². The Morgan fingerprint density at radius 3 is 2.46 bits per heavy atom. The van der Waals surface area contributed by atoms with Crippen LogP contribution in [0.15, 0.2) is 0 Å². The van der Waals surface area contributed by atoms with E-state index in [-0.39, 0.29) is 5.41 Å². The number of nitriles is 1. The molecule has 0 amide bonds. The first kappa shape index (κ1) is 12.4. The van der Waals surface area contributed by atoms with Crippen molar-refractivity contribution in [3.8, 4) is 6.07 Å². The van der Waals surface area contributed by atoms with Crippen LogP contribution in [0.5, 0.6) is 0 Å². The monoisotopic (exact) mass is 182 g/mol. The van der Waals surface area contributed by atoms with Crippen molar-refractivity contribution >= 4 is 0 Å². The largest absolute Gasteiger partial charge is 0.305 e. The third-order valence-corrected chi connectivity index (χ3v) is 2.41. The topological polar surface area (TPSA) is 27.0 Å². The zero-order valence-electron chi connectivity index (χ0n) is 9.43. The summed E-state index contributed by atoms with van der Waals surface area (Å²) in [4.78, 5) is 2.26. The van der Waals surface area contributed by atoms with E-state index in [4.69, 9.17) is 5.26 Å². The second-order valence-electron chi connectivity index (χ2n) is 3.87. The molecular weight excluding hydrogens is 160 g/mol. The van der Waals surface area contributed by atoms with Crippen LogP contribution in [-0.4, -0.2) is 25.0 Å². The minimum absolute atomic E-state index is 0.0920. The molecule has 0 aromatic rings. The predicted molar refractivity (Wildman–Crippen MR) is 56.4 cm³/mol. The molecule has 1 aliphatic heterocycles. The van der Waals surface area contributed by atoms with Gasteiger partial charge in [-0.1, -0.05) is 20.3 Å². The van der Waals surface area contributed by atoms with Gasteiger partial charge in [0, 0.05) is 6.54 Å². The van der Waals surface area contributed by atoms with Crippen molar-refractivity contribution in [3.63, 3.8) is 0 Å². The van der Waals surface area contributed by atoms with E-state index >= 15 is 0 Å². The van der Waals surface area contributed by atoms with Crippen molar-refractivity contribution in [1.82, 2.24) is 4.90 Å². The minimum Gasteiger partial charge on any atom is -0.305 e. The van der Waals surface area contributed by atoms with Gasteiger partial charge < -0.3 is 4.90 Å². The maximum atomic E-state index is 8.92. The normalized spacial score (nSPS) is 29.5. The second kappa shape index (κ2) is 5.99.